The Kier molecular flexibility index (Phi) is 3.45. The van der Waals surface area contributed by atoms with Crippen LogP contribution in [-0.4, -0.2) is 35.5 Å². The first-order valence-corrected chi connectivity index (χ1v) is 4.53. The Bertz CT molecular complexity index is 252. The minimum atomic E-state index is -0.00638. The molecule has 1 atom stereocenters. The second kappa shape index (κ2) is 4.39. The predicted molar refractivity (Wildman–Crippen MR) is 53.4 cm³/mol. The molecular weight excluding hydrogens is 164 g/mol. The van der Waals surface area contributed by atoms with E-state index in [-0.39, 0.29) is 6.04 Å². The van der Waals surface area contributed by atoms with E-state index in [1.165, 1.54) is 0 Å². The van der Waals surface area contributed by atoms with E-state index in [0.29, 0.717) is 0 Å². The summed E-state index contributed by atoms with van der Waals surface area (Å²) in [7, 11) is 4.12. The molecule has 1 unspecified atom stereocenters. The predicted octanol–water partition coefficient (Wildman–Crippen LogP) is 0.533. The van der Waals surface area contributed by atoms with Crippen molar-refractivity contribution in [3.8, 4) is 0 Å². The third-order valence-electron chi connectivity index (χ3n) is 1.91. The van der Waals surface area contributed by atoms with Crippen LogP contribution in [0.4, 0.5) is 0 Å². The molecule has 0 aliphatic carbocycles. The summed E-state index contributed by atoms with van der Waals surface area (Å²) >= 11 is 0. The lowest BCUT2D eigenvalue weighted by Crippen LogP contribution is -2.15. The maximum atomic E-state index is 5.68. The van der Waals surface area contributed by atoms with Gasteiger partial charge in [-0.3, -0.25) is 0 Å². The van der Waals surface area contributed by atoms with Crippen molar-refractivity contribution in [2.24, 2.45) is 5.73 Å². The molecule has 0 aliphatic rings. The van der Waals surface area contributed by atoms with Gasteiger partial charge in [-0.05, 0) is 21.0 Å². The van der Waals surface area contributed by atoms with E-state index < -0.39 is 0 Å². The summed E-state index contributed by atoms with van der Waals surface area (Å²) in [5.74, 6) is 0.869. The Morgan fingerprint density at radius 2 is 2.31 bits per heavy atom. The summed E-state index contributed by atoms with van der Waals surface area (Å²) in [4.78, 5) is 9.54. The van der Waals surface area contributed by atoms with Crippen molar-refractivity contribution in [2.45, 2.75) is 19.4 Å². The van der Waals surface area contributed by atoms with E-state index in [4.69, 9.17) is 5.73 Å². The summed E-state index contributed by atoms with van der Waals surface area (Å²) in [6, 6.07) is -0.00638. The Labute approximate surface area is 79.1 Å². The Balaban J connectivity index is 2.49. The number of H-pyrrole nitrogens is 1. The van der Waals surface area contributed by atoms with Crippen LogP contribution in [0.2, 0.25) is 0 Å². The number of rotatable bonds is 4. The molecule has 1 heterocycles. The number of imidazole rings is 1. The van der Waals surface area contributed by atoms with Gasteiger partial charge < -0.3 is 15.6 Å². The fraction of sp³-hybridized carbons (Fsp3) is 0.667. The molecule has 13 heavy (non-hydrogen) atoms. The van der Waals surface area contributed by atoms with Gasteiger partial charge in [0, 0.05) is 24.9 Å². The summed E-state index contributed by atoms with van der Waals surface area (Å²) < 4.78 is 0. The monoisotopic (exact) mass is 182 g/mol. The van der Waals surface area contributed by atoms with Crippen molar-refractivity contribution in [3.63, 3.8) is 0 Å². The third-order valence-corrected chi connectivity index (χ3v) is 1.91. The van der Waals surface area contributed by atoms with E-state index in [9.17, 15) is 0 Å². The number of nitrogens with zero attached hydrogens (tertiary/aromatic N) is 2. The second-order valence-electron chi connectivity index (χ2n) is 3.64. The normalized spacial score (nSPS) is 13.6. The fourth-order valence-electron chi connectivity index (χ4n) is 1.08. The molecule has 0 radical (unpaired) electrons. The lowest BCUT2D eigenvalue weighted by Gasteiger charge is -2.07. The van der Waals surface area contributed by atoms with Gasteiger partial charge in [0.15, 0.2) is 0 Å². The zero-order valence-corrected chi connectivity index (χ0v) is 8.54. The molecule has 0 saturated carbocycles. The van der Waals surface area contributed by atoms with Crippen molar-refractivity contribution >= 4 is 0 Å². The van der Waals surface area contributed by atoms with E-state index >= 15 is 0 Å². The van der Waals surface area contributed by atoms with Gasteiger partial charge in [-0.1, -0.05) is 0 Å². The topological polar surface area (TPSA) is 57.9 Å². The first kappa shape index (κ1) is 10.2. The standard InChI is InChI=1S/C9H18N4/c1-7(10)9-11-6-8(12-9)4-5-13(2)3/h6-7H,4-5,10H2,1-3H3,(H,11,12). The second-order valence-corrected chi connectivity index (χ2v) is 3.64. The summed E-state index contributed by atoms with van der Waals surface area (Å²) in [6.45, 7) is 2.95. The maximum Gasteiger partial charge on any atom is 0.122 e. The van der Waals surface area contributed by atoms with Crippen LogP contribution in [0.25, 0.3) is 0 Å². The first-order chi connectivity index (χ1) is 6.09. The maximum absolute atomic E-state index is 5.68. The fourth-order valence-corrected chi connectivity index (χ4v) is 1.08. The summed E-state index contributed by atoms with van der Waals surface area (Å²) in [5, 5.41) is 0. The van der Waals surface area contributed by atoms with Gasteiger partial charge in [0.05, 0.1) is 6.04 Å². The molecule has 1 aromatic heterocycles. The summed E-state index contributed by atoms with van der Waals surface area (Å²) in [6.07, 6.45) is 2.86. The third kappa shape index (κ3) is 3.16. The lowest BCUT2D eigenvalue weighted by atomic mass is 10.3. The molecule has 0 bridgehead atoms. The van der Waals surface area contributed by atoms with E-state index in [1.807, 2.05) is 13.1 Å². The number of likely N-dealkylation sites (N-methyl/N-ethyl adjacent to an activating group) is 1. The number of hydrogen-bond donors (Lipinski definition) is 2. The molecule has 0 fully saturated rings. The molecule has 4 heteroatoms. The number of nitrogens with one attached hydrogen (secondary N) is 1. The molecule has 1 aromatic rings. The van der Waals surface area contributed by atoms with Crippen molar-refractivity contribution in [1.29, 1.82) is 0 Å². The molecule has 4 nitrogen and oxygen atoms in total. The van der Waals surface area contributed by atoms with Gasteiger partial charge in [-0.2, -0.15) is 0 Å². The van der Waals surface area contributed by atoms with Crippen molar-refractivity contribution in [2.75, 3.05) is 20.6 Å². The van der Waals surface area contributed by atoms with Crippen LogP contribution < -0.4 is 5.73 Å². The zero-order chi connectivity index (χ0) is 9.84. The minimum Gasteiger partial charge on any atom is -0.345 e. The molecule has 0 saturated heterocycles. The van der Waals surface area contributed by atoms with Crippen LogP contribution in [0.1, 0.15) is 24.5 Å². The van der Waals surface area contributed by atoms with Crippen LogP contribution in [-0.2, 0) is 6.42 Å². The highest BCUT2D eigenvalue weighted by atomic mass is 15.1. The quantitative estimate of drug-likeness (QED) is 0.714. The van der Waals surface area contributed by atoms with Crippen LogP contribution in [0, 0.1) is 0 Å². The van der Waals surface area contributed by atoms with Crippen LogP contribution in [0.5, 0.6) is 0 Å². The van der Waals surface area contributed by atoms with Gasteiger partial charge in [-0.25, -0.2) is 4.98 Å². The molecule has 0 spiro atoms. The molecule has 3 N–H and O–H groups in total. The average Bonchev–Trinajstić information content (AvgIpc) is 2.48. The van der Waals surface area contributed by atoms with Crippen LogP contribution in [0.3, 0.4) is 0 Å². The van der Waals surface area contributed by atoms with E-state index in [2.05, 4.69) is 29.0 Å². The molecule has 0 amide bonds. The highest BCUT2D eigenvalue weighted by molar-refractivity contribution is 5.04. The highest BCUT2D eigenvalue weighted by Crippen LogP contribution is 2.05. The van der Waals surface area contributed by atoms with E-state index in [0.717, 1.165) is 24.5 Å². The average molecular weight is 182 g/mol. The van der Waals surface area contributed by atoms with Crippen molar-refractivity contribution < 1.29 is 0 Å². The number of nitrogens with two attached hydrogens (primary N) is 1. The number of aromatic amines is 1. The largest absolute Gasteiger partial charge is 0.345 e. The van der Waals surface area contributed by atoms with Gasteiger partial charge in [0.2, 0.25) is 0 Å². The lowest BCUT2D eigenvalue weighted by molar-refractivity contribution is 0.412. The van der Waals surface area contributed by atoms with Crippen molar-refractivity contribution in [1.82, 2.24) is 14.9 Å². The van der Waals surface area contributed by atoms with Crippen LogP contribution in [0.15, 0.2) is 6.20 Å². The smallest absolute Gasteiger partial charge is 0.122 e. The first-order valence-electron chi connectivity index (χ1n) is 4.53. The Morgan fingerprint density at radius 3 is 2.77 bits per heavy atom. The zero-order valence-electron chi connectivity index (χ0n) is 8.54. The Morgan fingerprint density at radius 1 is 1.62 bits per heavy atom. The van der Waals surface area contributed by atoms with Gasteiger partial charge >= 0.3 is 0 Å². The van der Waals surface area contributed by atoms with Gasteiger partial charge in [0.1, 0.15) is 5.82 Å². The van der Waals surface area contributed by atoms with Gasteiger partial charge in [0.25, 0.3) is 0 Å². The van der Waals surface area contributed by atoms with Crippen molar-refractivity contribution in [3.05, 3.63) is 17.7 Å². The van der Waals surface area contributed by atoms with Crippen LogP contribution >= 0.6 is 0 Å². The number of hydrogen-bond acceptors (Lipinski definition) is 3. The van der Waals surface area contributed by atoms with E-state index in [1.54, 1.807) is 0 Å². The molecule has 0 aromatic carbocycles. The SMILES string of the molecule is CC(N)c1ncc(CCN(C)C)[nH]1. The molecule has 74 valence electrons. The molecule has 1 rings (SSSR count). The van der Waals surface area contributed by atoms with Gasteiger partial charge in [-0.15, -0.1) is 0 Å². The summed E-state index contributed by atoms with van der Waals surface area (Å²) in [5.41, 5.74) is 6.83. The Hall–Kier alpha value is -0.870. The molecule has 0 aliphatic heterocycles. The minimum absolute atomic E-state index is 0.00638. The highest BCUT2D eigenvalue weighted by Gasteiger charge is 2.04. The number of aromatic nitrogens is 2. The molecular formula is C9H18N4.